The highest BCUT2D eigenvalue weighted by Gasteiger charge is 2.30. The average Bonchev–Trinajstić information content (AvgIpc) is 2.68. The van der Waals surface area contributed by atoms with E-state index in [0.29, 0.717) is 17.5 Å². The lowest BCUT2D eigenvalue weighted by molar-refractivity contribution is -0.137. The summed E-state index contributed by atoms with van der Waals surface area (Å²) in [5.74, 6) is -0.193. The molecule has 0 bridgehead atoms. The van der Waals surface area contributed by atoms with Gasteiger partial charge in [0.15, 0.2) is 0 Å². The smallest absolute Gasteiger partial charge is 0.313 e. The Labute approximate surface area is 174 Å². The van der Waals surface area contributed by atoms with Crippen molar-refractivity contribution in [2.75, 3.05) is 23.3 Å². The summed E-state index contributed by atoms with van der Waals surface area (Å²) in [6, 6.07) is 7.75. The van der Waals surface area contributed by atoms with Crippen LogP contribution in [0.4, 0.5) is 11.4 Å². The zero-order valence-electron chi connectivity index (χ0n) is 18.1. The molecule has 160 valence electrons. The van der Waals surface area contributed by atoms with Gasteiger partial charge in [0.25, 0.3) is 0 Å². The van der Waals surface area contributed by atoms with E-state index in [1.165, 1.54) is 6.42 Å². The summed E-state index contributed by atoms with van der Waals surface area (Å²) in [6.07, 6.45) is 4.76. The minimum absolute atomic E-state index is 0.0923. The van der Waals surface area contributed by atoms with E-state index in [1.54, 1.807) is 0 Å². The zero-order valence-corrected chi connectivity index (χ0v) is 18.1. The molecule has 1 saturated heterocycles. The number of morpholine rings is 1. The average molecular weight is 402 g/mol. The Morgan fingerprint density at radius 3 is 2.24 bits per heavy atom. The van der Waals surface area contributed by atoms with Gasteiger partial charge in [-0.3, -0.25) is 9.59 Å². The molecule has 6 nitrogen and oxygen atoms in total. The van der Waals surface area contributed by atoms with Crippen molar-refractivity contribution in [3.8, 4) is 0 Å². The standard InChI is InChI=1S/C23H35N3O3/c1-15(2)20-7-5-6-8-21(20)25-23(28)22(27)24-18-9-11-19(12-10-18)26-13-16(3)29-17(4)14-26/h9-12,15-17,20-21H,5-8,13-14H2,1-4H3,(H,24,27)(H,25,28). The van der Waals surface area contributed by atoms with Crippen LogP contribution in [0.1, 0.15) is 53.4 Å². The molecule has 0 spiro atoms. The predicted octanol–water partition coefficient (Wildman–Crippen LogP) is 3.57. The highest BCUT2D eigenvalue weighted by atomic mass is 16.5. The van der Waals surface area contributed by atoms with Crippen LogP contribution in [-0.4, -0.2) is 43.2 Å². The number of hydrogen-bond donors (Lipinski definition) is 2. The van der Waals surface area contributed by atoms with Crippen molar-refractivity contribution in [3.63, 3.8) is 0 Å². The highest BCUT2D eigenvalue weighted by Crippen LogP contribution is 2.30. The first-order chi connectivity index (χ1) is 13.8. The second-order valence-electron chi connectivity index (χ2n) is 8.94. The van der Waals surface area contributed by atoms with Crippen molar-refractivity contribution in [2.24, 2.45) is 11.8 Å². The van der Waals surface area contributed by atoms with Gasteiger partial charge in [-0.05, 0) is 62.8 Å². The molecule has 29 heavy (non-hydrogen) atoms. The van der Waals surface area contributed by atoms with E-state index in [2.05, 4.69) is 43.2 Å². The molecule has 3 rings (SSSR count). The van der Waals surface area contributed by atoms with Gasteiger partial charge < -0.3 is 20.3 Å². The third kappa shape index (κ3) is 5.72. The lowest BCUT2D eigenvalue weighted by Crippen LogP contribution is -2.47. The van der Waals surface area contributed by atoms with Gasteiger partial charge in [-0.25, -0.2) is 0 Å². The maximum Gasteiger partial charge on any atom is 0.313 e. The zero-order chi connectivity index (χ0) is 21.0. The van der Waals surface area contributed by atoms with Gasteiger partial charge in [0, 0.05) is 30.5 Å². The summed E-state index contributed by atoms with van der Waals surface area (Å²) in [4.78, 5) is 27.1. The molecule has 1 aliphatic heterocycles. The summed E-state index contributed by atoms with van der Waals surface area (Å²) < 4.78 is 5.78. The van der Waals surface area contributed by atoms with Gasteiger partial charge >= 0.3 is 11.8 Å². The number of nitrogens with one attached hydrogen (secondary N) is 2. The first-order valence-electron chi connectivity index (χ1n) is 11.0. The third-order valence-electron chi connectivity index (χ3n) is 6.11. The quantitative estimate of drug-likeness (QED) is 0.757. The summed E-state index contributed by atoms with van der Waals surface area (Å²) in [5, 5.41) is 5.70. The Kier molecular flexibility index (Phi) is 7.17. The molecule has 1 saturated carbocycles. The number of amides is 2. The summed E-state index contributed by atoms with van der Waals surface area (Å²) >= 11 is 0. The van der Waals surface area contributed by atoms with E-state index in [0.717, 1.165) is 38.0 Å². The van der Waals surface area contributed by atoms with Gasteiger partial charge in [-0.1, -0.05) is 26.7 Å². The fraction of sp³-hybridized carbons (Fsp3) is 0.652. The Morgan fingerprint density at radius 1 is 1.00 bits per heavy atom. The fourth-order valence-corrected chi connectivity index (χ4v) is 4.70. The molecule has 2 aliphatic rings. The van der Waals surface area contributed by atoms with Gasteiger partial charge in [-0.2, -0.15) is 0 Å². The minimum Gasteiger partial charge on any atom is -0.372 e. The van der Waals surface area contributed by atoms with Crippen molar-refractivity contribution in [1.82, 2.24) is 5.32 Å². The molecule has 0 radical (unpaired) electrons. The molecule has 4 unspecified atom stereocenters. The van der Waals surface area contributed by atoms with Gasteiger partial charge in [-0.15, -0.1) is 0 Å². The molecular weight excluding hydrogens is 366 g/mol. The van der Waals surface area contributed by atoms with Gasteiger partial charge in [0.05, 0.1) is 12.2 Å². The Balaban J connectivity index is 1.55. The lowest BCUT2D eigenvalue weighted by atomic mass is 9.78. The molecule has 6 heteroatoms. The largest absolute Gasteiger partial charge is 0.372 e. The van der Waals surface area contributed by atoms with Crippen molar-refractivity contribution in [3.05, 3.63) is 24.3 Å². The van der Waals surface area contributed by atoms with E-state index in [4.69, 9.17) is 4.74 Å². The highest BCUT2D eigenvalue weighted by molar-refractivity contribution is 6.39. The van der Waals surface area contributed by atoms with Crippen molar-refractivity contribution in [1.29, 1.82) is 0 Å². The summed E-state index contributed by atoms with van der Waals surface area (Å²) in [5.41, 5.74) is 1.73. The Hall–Kier alpha value is -2.08. The third-order valence-corrected chi connectivity index (χ3v) is 6.11. The molecule has 1 heterocycles. The molecular formula is C23H35N3O3. The van der Waals surface area contributed by atoms with E-state index in [1.807, 2.05) is 24.3 Å². The fourth-order valence-electron chi connectivity index (χ4n) is 4.70. The number of hydrogen-bond acceptors (Lipinski definition) is 4. The number of nitrogens with zero attached hydrogens (tertiary/aromatic N) is 1. The normalized spacial score (nSPS) is 27.6. The van der Waals surface area contributed by atoms with Crippen LogP contribution in [0.5, 0.6) is 0 Å². The van der Waals surface area contributed by atoms with Crippen LogP contribution in [0.3, 0.4) is 0 Å². The first kappa shape index (κ1) is 21.6. The first-order valence-corrected chi connectivity index (χ1v) is 11.0. The van der Waals surface area contributed by atoms with Crippen LogP contribution < -0.4 is 15.5 Å². The van der Waals surface area contributed by atoms with Gasteiger partial charge in [0.1, 0.15) is 0 Å². The molecule has 4 atom stereocenters. The monoisotopic (exact) mass is 401 g/mol. The second-order valence-corrected chi connectivity index (χ2v) is 8.94. The van der Waals surface area contributed by atoms with Crippen LogP contribution in [0.15, 0.2) is 24.3 Å². The van der Waals surface area contributed by atoms with Gasteiger partial charge in [0.2, 0.25) is 0 Å². The minimum atomic E-state index is -0.598. The molecule has 2 amide bonds. The van der Waals surface area contributed by atoms with Crippen molar-refractivity contribution >= 4 is 23.2 Å². The number of carbonyl (C=O) groups excluding carboxylic acids is 2. The van der Waals surface area contributed by atoms with E-state index >= 15 is 0 Å². The van der Waals surface area contributed by atoms with Crippen LogP contribution in [0.2, 0.25) is 0 Å². The summed E-state index contributed by atoms with van der Waals surface area (Å²) in [6.45, 7) is 10.2. The molecule has 1 aromatic carbocycles. The number of anilines is 2. The maximum atomic E-state index is 12.4. The number of benzene rings is 1. The van der Waals surface area contributed by atoms with Crippen molar-refractivity contribution in [2.45, 2.75) is 71.6 Å². The van der Waals surface area contributed by atoms with E-state index in [9.17, 15) is 9.59 Å². The summed E-state index contributed by atoms with van der Waals surface area (Å²) in [7, 11) is 0. The topological polar surface area (TPSA) is 70.7 Å². The molecule has 1 aromatic rings. The number of ether oxygens (including phenoxy) is 1. The van der Waals surface area contributed by atoms with Crippen LogP contribution in [-0.2, 0) is 14.3 Å². The lowest BCUT2D eigenvalue weighted by Gasteiger charge is -2.36. The SMILES string of the molecule is CC1CN(c2ccc(NC(=O)C(=O)NC3CCCCC3C(C)C)cc2)CC(C)O1. The Bertz CT molecular complexity index is 694. The Morgan fingerprint density at radius 2 is 1.62 bits per heavy atom. The van der Waals surface area contributed by atoms with Crippen molar-refractivity contribution < 1.29 is 14.3 Å². The number of rotatable bonds is 4. The van der Waals surface area contributed by atoms with E-state index in [-0.39, 0.29) is 18.2 Å². The molecule has 0 aromatic heterocycles. The van der Waals surface area contributed by atoms with Crippen LogP contribution in [0.25, 0.3) is 0 Å². The predicted molar refractivity (Wildman–Crippen MR) is 116 cm³/mol. The molecule has 2 fully saturated rings. The second kappa shape index (κ2) is 9.61. The molecule has 1 aliphatic carbocycles. The van der Waals surface area contributed by atoms with Crippen LogP contribution >= 0.6 is 0 Å². The van der Waals surface area contributed by atoms with E-state index < -0.39 is 11.8 Å². The van der Waals surface area contributed by atoms with Crippen LogP contribution in [0, 0.1) is 11.8 Å². The number of carbonyl (C=O) groups is 2. The maximum absolute atomic E-state index is 12.4. The molecule has 2 N–H and O–H groups in total.